The minimum absolute atomic E-state index is 0.170. The van der Waals surface area contributed by atoms with Gasteiger partial charge in [0.05, 0.1) is 21.8 Å². The van der Waals surface area contributed by atoms with Crippen molar-refractivity contribution in [3.8, 4) is 0 Å². The van der Waals surface area contributed by atoms with Gasteiger partial charge in [0, 0.05) is 32.4 Å². The number of carbonyl (C=O) groups is 1. The zero-order chi connectivity index (χ0) is 14.0. The molecule has 1 aromatic heterocycles. The third-order valence-electron chi connectivity index (χ3n) is 2.71. The molecule has 2 rings (SSSR count). The molecule has 0 aliphatic heterocycles. The number of hydrogen-bond donors (Lipinski definition) is 0. The van der Waals surface area contributed by atoms with Crippen LogP contribution in [0.1, 0.15) is 15.9 Å². The summed E-state index contributed by atoms with van der Waals surface area (Å²) < 4.78 is 1.69. The molecule has 0 aliphatic rings. The fourth-order valence-corrected chi connectivity index (χ4v) is 2.16. The van der Waals surface area contributed by atoms with E-state index in [0.29, 0.717) is 17.1 Å². The zero-order valence-electron chi connectivity index (χ0n) is 10.6. The zero-order valence-corrected chi connectivity index (χ0v) is 12.1. The third-order valence-corrected chi connectivity index (χ3v) is 3.53. The summed E-state index contributed by atoms with van der Waals surface area (Å²) >= 11 is 12.0. The second-order valence-corrected chi connectivity index (χ2v) is 5.07. The maximum absolute atomic E-state index is 12.3. The van der Waals surface area contributed by atoms with Gasteiger partial charge in [0.25, 0.3) is 5.91 Å². The number of benzene rings is 1. The first-order valence-electron chi connectivity index (χ1n) is 5.66. The van der Waals surface area contributed by atoms with Gasteiger partial charge in [-0.1, -0.05) is 29.3 Å². The van der Waals surface area contributed by atoms with Crippen LogP contribution in [-0.2, 0) is 13.6 Å². The molecule has 100 valence electrons. The Morgan fingerprint density at radius 1 is 1.42 bits per heavy atom. The van der Waals surface area contributed by atoms with Crippen LogP contribution in [0.2, 0.25) is 10.0 Å². The maximum Gasteiger partial charge on any atom is 0.255 e. The fraction of sp³-hybridized carbons (Fsp3) is 0.231. The molecule has 0 N–H and O–H groups in total. The second kappa shape index (κ2) is 5.63. The quantitative estimate of drug-likeness (QED) is 0.873. The van der Waals surface area contributed by atoms with E-state index in [1.807, 2.05) is 13.2 Å². The highest BCUT2D eigenvalue weighted by molar-refractivity contribution is 6.43. The van der Waals surface area contributed by atoms with E-state index in [0.717, 1.165) is 5.56 Å². The number of amides is 1. The highest BCUT2D eigenvalue weighted by Crippen LogP contribution is 2.26. The molecule has 0 saturated carbocycles. The lowest BCUT2D eigenvalue weighted by molar-refractivity contribution is 0.0785. The molecule has 1 heterocycles. The van der Waals surface area contributed by atoms with Gasteiger partial charge in [0.1, 0.15) is 0 Å². The monoisotopic (exact) mass is 297 g/mol. The average molecular weight is 298 g/mol. The van der Waals surface area contributed by atoms with Gasteiger partial charge in [-0.2, -0.15) is 5.10 Å². The van der Waals surface area contributed by atoms with Gasteiger partial charge in [0.15, 0.2) is 0 Å². The summed E-state index contributed by atoms with van der Waals surface area (Å²) in [4.78, 5) is 13.9. The smallest absolute Gasteiger partial charge is 0.255 e. The SMILES string of the molecule is CN(Cc1cnn(C)c1)C(=O)c1cccc(Cl)c1Cl. The molecule has 4 nitrogen and oxygen atoms in total. The van der Waals surface area contributed by atoms with Crippen molar-refractivity contribution in [1.29, 1.82) is 0 Å². The fourth-order valence-electron chi connectivity index (χ4n) is 1.77. The molecule has 0 saturated heterocycles. The van der Waals surface area contributed by atoms with Crippen molar-refractivity contribution < 1.29 is 4.79 Å². The van der Waals surface area contributed by atoms with Crippen LogP contribution in [0.5, 0.6) is 0 Å². The molecule has 1 amide bonds. The molecule has 6 heteroatoms. The lowest BCUT2D eigenvalue weighted by Crippen LogP contribution is -2.26. The van der Waals surface area contributed by atoms with Crippen molar-refractivity contribution >= 4 is 29.1 Å². The second-order valence-electron chi connectivity index (χ2n) is 4.28. The van der Waals surface area contributed by atoms with E-state index in [1.54, 1.807) is 41.0 Å². The molecule has 2 aromatic rings. The molecule has 0 radical (unpaired) electrons. The van der Waals surface area contributed by atoms with Crippen LogP contribution in [0.25, 0.3) is 0 Å². The topological polar surface area (TPSA) is 38.1 Å². The van der Waals surface area contributed by atoms with Crippen LogP contribution in [0.4, 0.5) is 0 Å². The van der Waals surface area contributed by atoms with Gasteiger partial charge in [-0.15, -0.1) is 0 Å². The molecule has 0 unspecified atom stereocenters. The third kappa shape index (κ3) is 3.08. The molecule has 0 bridgehead atoms. The van der Waals surface area contributed by atoms with Gasteiger partial charge in [-0.3, -0.25) is 9.48 Å². The number of aryl methyl sites for hydroxylation is 1. The highest BCUT2D eigenvalue weighted by atomic mass is 35.5. The number of hydrogen-bond acceptors (Lipinski definition) is 2. The standard InChI is InChI=1S/C13H13Cl2N3O/c1-17(7-9-6-16-18(2)8-9)13(19)10-4-3-5-11(14)12(10)15/h3-6,8H,7H2,1-2H3. The Balaban J connectivity index is 2.17. The summed E-state index contributed by atoms with van der Waals surface area (Å²) in [6, 6.07) is 5.03. The summed E-state index contributed by atoms with van der Waals surface area (Å²) in [5.41, 5.74) is 1.36. The Morgan fingerprint density at radius 3 is 2.79 bits per heavy atom. The van der Waals surface area contributed by atoms with E-state index in [1.165, 1.54) is 0 Å². The summed E-state index contributed by atoms with van der Waals surface area (Å²) in [5.74, 6) is -0.170. The lowest BCUT2D eigenvalue weighted by Gasteiger charge is -2.17. The predicted molar refractivity (Wildman–Crippen MR) is 75.5 cm³/mol. The summed E-state index contributed by atoms with van der Waals surface area (Å²) in [6.07, 6.45) is 3.59. The highest BCUT2D eigenvalue weighted by Gasteiger charge is 2.17. The van der Waals surface area contributed by atoms with Crippen LogP contribution in [-0.4, -0.2) is 27.6 Å². The van der Waals surface area contributed by atoms with Crippen molar-refractivity contribution in [2.45, 2.75) is 6.54 Å². The molecule has 19 heavy (non-hydrogen) atoms. The van der Waals surface area contributed by atoms with Crippen LogP contribution in [0, 0.1) is 0 Å². The molecule has 0 atom stereocenters. The first-order chi connectivity index (χ1) is 8.99. The molecule has 0 fully saturated rings. The van der Waals surface area contributed by atoms with Gasteiger partial charge >= 0.3 is 0 Å². The Labute approximate surface area is 121 Å². The Morgan fingerprint density at radius 2 is 2.16 bits per heavy atom. The number of aromatic nitrogens is 2. The minimum atomic E-state index is -0.170. The van der Waals surface area contributed by atoms with E-state index in [2.05, 4.69) is 5.10 Å². The summed E-state index contributed by atoms with van der Waals surface area (Å²) in [6.45, 7) is 0.468. The largest absolute Gasteiger partial charge is 0.337 e. The number of halogens is 2. The van der Waals surface area contributed by atoms with Crippen molar-refractivity contribution in [3.05, 3.63) is 51.8 Å². The van der Waals surface area contributed by atoms with Crippen LogP contribution >= 0.6 is 23.2 Å². The van der Waals surface area contributed by atoms with Gasteiger partial charge in [0.2, 0.25) is 0 Å². The van der Waals surface area contributed by atoms with Crippen molar-refractivity contribution in [1.82, 2.24) is 14.7 Å². The van der Waals surface area contributed by atoms with E-state index < -0.39 is 0 Å². The Hall–Kier alpha value is -1.52. The van der Waals surface area contributed by atoms with Gasteiger partial charge in [-0.05, 0) is 12.1 Å². The normalized spacial score (nSPS) is 10.5. The lowest BCUT2D eigenvalue weighted by atomic mass is 10.2. The predicted octanol–water partition coefficient (Wildman–Crippen LogP) is 3.00. The summed E-state index contributed by atoms with van der Waals surface area (Å²) in [7, 11) is 3.55. The van der Waals surface area contributed by atoms with E-state index >= 15 is 0 Å². The van der Waals surface area contributed by atoms with Crippen LogP contribution in [0.15, 0.2) is 30.6 Å². The first kappa shape index (κ1) is 13.9. The van der Waals surface area contributed by atoms with E-state index in [-0.39, 0.29) is 10.9 Å². The van der Waals surface area contributed by atoms with Crippen LogP contribution in [0.3, 0.4) is 0 Å². The average Bonchev–Trinajstić information content (AvgIpc) is 2.77. The molecular weight excluding hydrogens is 285 g/mol. The number of rotatable bonds is 3. The van der Waals surface area contributed by atoms with Crippen molar-refractivity contribution in [3.63, 3.8) is 0 Å². The number of carbonyl (C=O) groups excluding carboxylic acids is 1. The molecular formula is C13H13Cl2N3O. The first-order valence-corrected chi connectivity index (χ1v) is 6.41. The van der Waals surface area contributed by atoms with E-state index in [9.17, 15) is 4.79 Å². The van der Waals surface area contributed by atoms with E-state index in [4.69, 9.17) is 23.2 Å². The molecule has 0 aliphatic carbocycles. The van der Waals surface area contributed by atoms with Gasteiger partial charge < -0.3 is 4.90 Å². The molecule has 0 spiro atoms. The van der Waals surface area contributed by atoms with Crippen LogP contribution < -0.4 is 0 Å². The Kier molecular flexibility index (Phi) is 4.12. The minimum Gasteiger partial charge on any atom is -0.337 e. The maximum atomic E-state index is 12.3. The van der Waals surface area contributed by atoms with Crippen molar-refractivity contribution in [2.75, 3.05) is 7.05 Å². The molecule has 1 aromatic carbocycles. The summed E-state index contributed by atoms with van der Waals surface area (Å²) in [5, 5.41) is 4.73. The van der Waals surface area contributed by atoms with Crippen molar-refractivity contribution in [2.24, 2.45) is 7.05 Å². The Bertz CT molecular complexity index is 610. The number of nitrogens with zero attached hydrogens (tertiary/aromatic N) is 3. The van der Waals surface area contributed by atoms with Gasteiger partial charge in [-0.25, -0.2) is 0 Å².